The van der Waals surface area contributed by atoms with E-state index in [9.17, 15) is 12.8 Å². The fraction of sp³-hybridized carbons (Fsp3) is 0.400. The first kappa shape index (κ1) is 16.4. The summed E-state index contributed by atoms with van der Waals surface area (Å²) in [6.07, 6.45) is 0. The van der Waals surface area contributed by atoms with Gasteiger partial charge in [0.05, 0.1) is 11.4 Å². The van der Waals surface area contributed by atoms with Crippen LogP contribution in [0.3, 0.4) is 0 Å². The second-order valence-electron chi connectivity index (χ2n) is 5.54. The summed E-state index contributed by atoms with van der Waals surface area (Å²) < 4.78 is 39.7. The van der Waals surface area contributed by atoms with E-state index in [0.717, 1.165) is 10.8 Å². The van der Waals surface area contributed by atoms with E-state index in [1.54, 1.807) is 17.4 Å². The van der Waals surface area contributed by atoms with Gasteiger partial charge < -0.3 is 4.90 Å². The van der Waals surface area contributed by atoms with Gasteiger partial charge in [-0.05, 0) is 24.6 Å². The third-order valence-electron chi connectivity index (χ3n) is 3.75. The largest absolute Gasteiger partial charge is 0.345 e. The SMILES string of the molecule is Cc1csc(N2CCN(S(=O)(=O)Cc3cccc(F)c3)CC2)n1. The molecule has 0 radical (unpaired) electrons. The van der Waals surface area contributed by atoms with Gasteiger partial charge in [0.1, 0.15) is 5.82 Å². The zero-order valence-electron chi connectivity index (χ0n) is 12.8. The lowest BCUT2D eigenvalue weighted by Crippen LogP contribution is -2.49. The molecule has 0 saturated carbocycles. The molecule has 0 aliphatic carbocycles. The number of thiazole rings is 1. The molecule has 0 spiro atoms. The lowest BCUT2D eigenvalue weighted by Gasteiger charge is -2.33. The zero-order valence-corrected chi connectivity index (χ0v) is 14.4. The number of rotatable bonds is 4. The number of aromatic nitrogens is 1. The first-order valence-electron chi connectivity index (χ1n) is 7.33. The Hall–Kier alpha value is -1.51. The highest BCUT2D eigenvalue weighted by Crippen LogP contribution is 2.22. The summed E-state index contributed by atoms with van der Waals surface area (Å²) in [5.74, 6) is -0.581. The quantitative estimate of drug-likeness (QED) is 0.844. The molecule has 0 bridgehead atoms. The maximum absolute atomic E-state index is 13.2. The summed E-state index contributed by atoms with van der Waals surface area (Å²) in [4.78, 5) is 6.54. The molecule has 1 aliphatic rings. The fourth-order valence-electron chi connectivity index (χ4n) is 2.57. The molecule has 124 valence electrons. The van der Waals surface area contributed by atoms with Crippen LogP contribution in [0.5, 0.6) is 0 Å². The van der Waals surface area contributed by atoms with Gasteiger partial charge in [0.2, 0.25) is 10.0 Å². The number of sulfonamides is 1. The van der Waals surface area contributed by atoms with Gasteiger partial charge in [-0.1, -0.05) is 12.1 Å². The standard InChI is InChI=1S/C15H18FN3O2S2/c1-12-10-22-15(17-12)18-5-7-19(8-6-18)23(20,21)11-13-3-2-4-14(16)9-13/h2-4,9-10H,5-8,11H2,1H3. The highest BCUT2D eigenvalue weighted by molar-refractivity contribution is 7.88. The second-order valence-corrected chi connectivity index (χ2v) is 8.35. The van der Waals surface area contributed by atoms with Crippen LogP contribution in [0.15, 0.2) is 29.6 Å². The van der Waals surface area contributed by atoms with E-state index in [0.29, 0.717) is 31.7 Å². The summed E-state index contributed by atoms with van der Waals surface area (Å²) in [5, 5.41) is 2.92. The molecule has 2 heterocycles. The number of piperazine rings is 1. The van der Waals surface area contributed by atoms with Crippen LogP contribution in [0.1, 0.15) is 11.3 Å². The second kappa shape index (κ2) is 6.54. The topological polar surface area (TPSA) is 53.5 Å². The Balaban J connectivity index is 1.64. The van der Waals surface area contributed by atoms with Crippen molar-refractivity contribution in [3.05, 3.63) is 46.7 Å². The minimum absolute atomic E-state index is 0.166. The minimum Gasteiger partial charge on any atom is -0.345 e. The number of benzene rings is 1. The molecule has 5 nitrogen and oxygen atoms in total. The van der Waals surface area contributed by atoms with Gasteiger partial charge in [0.25, 0.3) is 0 Å². The first-order chi connectivity index (χ1) is 10.9. The number of hydrogen-bond acceptors (Lipinski definition) is 5. The monoisotopic (exact) mass is 355 g/mol. The van der Waals surface area contributed by atoms with Crippen molar-refractivity contribution in [1.29, 1.82) is 0 Å². The van der Waals surface area contributed by atoms with Gasteiger partial charge >= 0.3 is 0 Å². The smallest absolute Gasteiger partial charge is 0.218 e. The molecule has 23 heavy (non-hydrogen) atoms. The normalized spacial score (nSPS) is 16.7. The van der Waals surface area contributed by atoms with E-state index in [4.69, 9.17) is 0 Å². The molecule has 3 rings (SSSR count). The van der Waals surface area contributed by atoms with Crippen molar-refractivity contribution in [2.45, 2.75) is 12.7 Å². The lowest BCUT2D eigenvalue weighted by molar-refractivity contribution is 0.384. The summed E-state index contributed by atoms with van der Waals surface area (Å²) in [6.45, 7) is 4.04. The predicted molar refractivity (Wildman–Crippen MR) is 89.7 cm³/mol. The van der Waals surface area contributed by atoms with Gasteiger partial charge in [-0.2, -0.15) is 4.31 Å². The Kier molecular flexibility index (Phi) is 4.65. The van der Waals surface area contributed by atoms with Gasteiger partial charge in [-0.15, -0.1) is 11.3 Å². The van der Waals surface area contributed by atoms with Crippen LogP contribution in [0.25, 0.3) is 0 Å². The van der Waals surface area contributed by atoms with Crippen molar-refractivity contribution in [2.24, 2.45) is 0 Å². The van der Waals surface area contributed by atoms with Gasteiger partial charge in [-0.25, -0.2) is 17.8 Å². The van der Waals surface area contributed by atoms with E-state index in [1.165, 1.54) is 22.5 Å². The molecule has 1 aliphatic heterocycles. The highest BCUT2D eigenvalue weighted by atomic mass is 32.2. The van der Waals surface area contributed by atoms with Crippen molar-refractivity contribution in [1.82, 2.24) is 9.29 Å². The number of nitrogens with zero attached hydrogens (tertiary/aromatic N) is 3. The Morgan fingerprint density at radius 3 is 2.61 bits per heavy atom. The molecular formula is C15H18FN3O2S2. The lowest BCUT2D eigenvalue weighted by atomic mass is 10.2. The fourth-order valence-corrected chi connectivity index (χ4v) is 4.93. The Bertz CT molecular complexity index is 784. The molecule has 8 heteroatoms. The van der Waals surface area contributed by atoms with E-state index in [2.05, 4.69) is 9.88 Å². The zero-order chi connectivity index (χ0) is 16.4. The van der Waals surface area contributed by atoms with Crippen LogP contribution >= 0.6 is 11.3 Å². The summed E-state index contributed by atoms with van der Waals surface area (Å²) in [5.41, 5.74) is 1.45. The third kappa shape index (κ3) is 3.88. The summed E-state index contributed by atoms with van der Waals surface area (Å²) in [6, 6.07) is 5.75. The van der Waals surface area contributed by atoms with Crippen molar-refractivity contribution in [2.75, 3.05) is 31.1 Å². The van der Waals surface area contributed by atoms with Gasteiger partial charge in [0, 0.05) is 31.6 Å². The van der Waals surface area contributed by atoms with Crippen molar-refractivity contribution in [3.8, 4) is 0 Å². The van der Waals surface area contributed by atoms with E-state index in [-0.39, 0.29) is 5.75 Å². The Morgan fingerprint density at radius 1 is 1.26 bits per heavy atom. The van der Waals surface area contributed by atoms with Gasteiger partial charge in [0.15, 0.2) is 5.13 Å². The van der Waals surface area contributed by atoms with Crippen LogP contribution in [-0.4, -0.2) is 43.9 Å². The average molecular weight is 355 g/mol. The number of halogens is 1. The molecule has 0 amide bonds. The van der Waals surface area contributed by atoms with Crippen molar-refractivity contribution in [3.63, 3.8) is 0 Å². The molecule has 0 atom stereocenters. The molecule has 1 saturated heterocycles. The minimum atomic E-state index is -3.43. The number of hydrogen-bond donors (Lipinski definition) is 0. The van der Waals surface area contributed by atoms with Crippen molar-refractivity contribution >= 4 is 26.5 Å². The van der Waals surface area contributed by atoms with Crippen LogP contribution < -0.4 is 4.90 Å². The van der Waals surface area contributed by atoms with Crippen LogP contribution in [0.2, 0.25) is 0 Å². The number of aryl methyl sites for hydroxylation is 1. The maximum atomic E-state index is 13.2. The maximum Gasteiger partial charge on any atom is 0.218 e. The molecule has 2 aromatic rings. The molecular weight excluding hydrogens is 337 g/mol. The highest BCUT2D eigenvalue weighted by Gasteiger charge is 2.28. The molecule has 0 N–H and O–H groups in total. The van der Waals surface area contributed by atoms with Crippen molar-refractivity contribution < 1.29 is 12.8 Å². The third-order valence-corrected chi connectivity index (χ3v) is 6.62. The van der Waals surface area contributed by atoms with E-state index < -0.39 is 15.8 Å². The van der Waals surface area contributed by atoms with Gasteiger partial charge in [-0.3, -0.25) is 0 Å². The van der Waals surface area contributed by atoms with Crippen LogP contribution in [0, 0.1) is 12.7 Å². The van der Waals surface area contributed by atoms with Crippen LogP contribution in [-0.2, 0) is 15.8 Å². The Labute approximate surface area is 139 Å². The average Bonchev–Trinajstić information content (AvgIpc) is 2.93. The van der Waals surface area contributed by atoms with E-state index >= 15 is 0 Å². The Morgan fingerprint density at radius 2 is 2.00 bits per heavy atom. The predicted octanol–water partition coefficient (Wildman–Crippen LogP) is 2.24. The first-order valence-corrected chi connectivity index (χ1v) is 9.82. The van der Waals surface area contributed by atoms with E-state index in [1.807, 2.05) is 12.3 Å². The molecule has 1 aromatic carbocycles. The molecule has 0 unspecified atom stereocenters. The molecule has 1 fully saturated rings. The van der Waals surface area contributed by atoms with Crippen LogP contribution in [0.4, 0.5) is 9.52 Å². The summed E-state index contributed by atoms with van der Waals surface area (Å²) in [7, 11) is -3.43. The molecule has 1 aromatic heterocycles. The summed E-state index contributed by atoms with van der Waals surface area (Å²) >= 11 is 1.57. The number of anilines is 1.